The minimum absolute atomic E-state index is 0.0876. The summed E-state index contributed by atoms with van der Waals surface area (Å²) in [6.45, 7) is -0.206. The van der Waals surface area contributed by atoms with E-state index >= 15 is 0 Å². The lowest BCUT2D eigenvalue weighted by Crippen LogP contribution is -2.25. The molecular weight excluding hydrogens is 525 g/mol. The Hall–Kier alpha value is -2.50. The van der Waals surface area contributed by atoms with Crippen LogP contribution < -0.4 is 4.72 Å². The fourth-order valence-electron chi connectivity index (χ4n) is 3.00. The second-order valence-corrected chi connectivity index (χ2v) is 10.6. The topological polar surface area (TPSA) is 76.9 Å². The molecule has 0 radical (unpaired) electrons. The zero-order valence-corrected chi connectivity index (χ0v) is 20.4. The number of halogens is 4. The molecule has 0 spiro atoms. The largest absolute Gasteiger partial charge is 0.271 e. The molecule has 0 saturated carbocycles. The summed E-state index contributed by atoms with van der Waals surface area (Å²) in [7, 11) is -3.94. The van der Waals surface area contributed by atoms with Crippen LogP contribution in [0.1, 0.15) is 11.4 Å². The Balaban J connectivity index is 1.63. The quantitative estimate of drug-likeness (QED) is 0.293. The molecule has 34 heavy (non-hydrogen) atoms. The van der Waals surface area contributed by atoms with Gasteiger partial charge in [-0.3, -0.25) is 4.57 Å². The molecule has 0 fully saturated rings. The van der Waals surface area contributed by atoms with Gasteiger partial charge in [0.2, 0.25) is 10.0 Å². The third kappa shape index (κ3) is 5.76. The maximum Gasteiger partial charge on any atom is 0.240 e. The van der Waals surface area contributed by atoms with Gasteiger partial charge in [0.05, 0.1) is 22.2 Å². The first-order valence-electron chi connectivity index (χ1n) is 9.75. The average Bonchev–Trinajstić information content (AvgIpc) is 3.20. The summed E-state index contributed by atoms with van der Waals surface area (Å²) >= 11 is 13.8. The first-order valence-corrected chi connectivity index (χ1v) is 13.0. The number of hydrogen-bond donors (Lipinski definition) is 1. The van der Waals surface area contributed by atoms with Crippen LogP contribution in [0.15, 0.2) is 76.8 Å². The Morgan fingerprint density at radius 3 is 2.21 bits per heavy atom. The Bertz CT molecular complexity index is 1410. The second-order valence-electron chi connectivity index (χ2n) is 7.02. The summed E-state index contributed by atoms with van der Waals surface area (Å²) in [5.74, 6) is -0.138. The highest BCUT2D eigenvalue weighted by Crippen LogP contribution is 2.31. The third-order valence-corrected chi connectivity index (χ3v) is 7.63. The normalized spacial score (nSPS) is 11.6. The summed E-state index contributed by atoms with van der Waals surface area (Å²) < 4.78 is 55.8. The van der Waals surface area contributed by atoms with Crippen molar-refractivity contribution in [3.63, 3.8) is 0 Å². The van der Waals surface area contributed by atoms with Crippen LogP contribution in [0.3, 0.4) is 0 Å². The van der Waals surface area contributed by atoms with E-state index in [4.69, 9.17) is 23.2 Å². The molecule has 1 N–H and O–H groups in total. The molecule has 0 atom stereocenters. The maximum atomic E-state index is 13.2. The summed E-state index contributed by atoms with van der Waals surface area (Å²) in [5.41, 5.74) is 1.37. The zero-order chi connectivity index (χ0) is 24.3. The highest BCUT2D eigenvalue weighted by atomic mass is 35.5. The Morgan fingerprint density at radius 2 is 1.56 bits per heavy atom. The molecule has 3 aromatic carbocycles. The minimum Gasteiger partial charge on any atom is -0.271 e. The van der Waals surface area contributed by atoms with Gasteiger partial charge in [-0.2, -0.15) is 0 Å². The van der Waals surface area contributed by atoms with Crippen LogP contribution >= 0.6 is 35.0 Å². The Morgan fingerprint density at radius 1 is 0.912 bits per heavy atom. The fourth-order valence-corrected chi connectivity index (χ4v) is 5.39. The van der Waals surface area contributed by atoms with Gasteiger partial charge in [0.25, 0.3) is 0 Å². The fraction of sp³-hybridized carbons (Fsp3) is 0.0909. The second kappa shape index (κ2) is 10.4. The van der Waals surface area contributed by atoms with Gasteiger partial charge in [0, 0.05) is 10.8 Å². The Kier molecular flexibility index (Phi) is 7.54. The first kappa shape index (κ1) is 24.6. The molecule has 4 rings (SSSR count). The molecule has 4 aromatic rings. The van der Waals surface area contributed by atoms with Gasteiger partial charge < -0.3 is 0 Å². The lowest BCUT2D eigenvalue weighted by atomic mass is 10.2. The molecule has 1 heterocycles. The SMILES string of the molecule is O=S(=O)(NCc1nnc(SCc2ccc(F)cc2)n1-c1ccc(Cl)cc1Cl)c1ccc(F)cc1. The van der Waals surface area contributed by atoms with Crippen molar-refractivity contribution in [3.05, 3.63) is 99.8 Å². The van der Waals surface area contributed by atoms with Crippen LogP contribution in [0.4, 0.5) is 8.78 Å². The molecule has 0 aliphatic heterocycles. The van der Waals surface area contributed by atoms with Gasteiger partial charge in [0.1, 0.15) is 11.6 Å². The molecule has 0 bridgehead atoms. The van der Waals surface area contributed by atoms with Gasteiger partial charge in [-0.25, -0.2) is 21.9 Å². The number of thioether (sulfide) groups is 1. The molecule has 0 aliphatic rings. The van der Waals surface area contributed by atoms with E-state index in [2.05, 4.69) is 14.9 Å². The van der Waals surface area contributed by atoms with Crippen LogP contribution in [0.5, 0.6) is 0 Å². The predicted octanol–water partition coefficient (Wildman–Crippen LogP) is 5.62. The maximum absolute atomic E-state index is 13.2. The Labute approximate surface area is 209 Å². The summed E-state index contributed by atoms with van der Waals surface area (Å²) in [4.78, 5) is -0.0876. The van der Waals surface area contributed by atoms with E-state index in [1.165, 1.54) is 36.0 Å². The van der Waals surface area contributed by atoms with E-state index in [0.717, 1.165) is 17.7 Å². The monoisotopic (exact) mass is 540 g/mol. The molecule has 0 amide bonds. The summed E-state index contributed by atoms with van der Waals surface area (Å²) in [5, 5.41) is 9.54. The average molecular weight is 541 g/mol. The van der Waals surface area contributed by atoms with E-state index in [1.54, 1.807) is 34.9 Å². The number of hydrogen-bond acceptors (Lipinski definition) is 5. The molecule has 0 unspecified atom stereocenters. The van der Waals surface area contributed by atoms with E-state index in [0.29, 0.717) is 26.6 Å². The third-order valence-electron chi connectivity index (χ3n) is 4.68. The van der Waals surface area contributed by atoms with Crippen molar-refractivity contribution in [3.8, 4) is 5.69 Å². The van der Waals surface area contributed by atoms with Crippen molar-refractivity contribution >= 4 is 45.0 Å². The van der Waals surface area contributed by atoms with E-state index in [9.17, 15) is 17.2 Å². The van der Waals surface area contributed by atoms with Crippen molar-refractivity contribution in [1.29, 1.82) is 0 Å². The molecular formula is C22H16Cl2F2N4O2S2. The highest BCUT2D eigenvalue weighted by Gasteiger charge is 2.20. The van der Waals surface area contributed by atoms with E-state index < -0.39 is 15.8 Å². The number of benzene rings is 3. The van der Waals surface area contributed by atoms with Gasteiger partial charge in [-0.15, -0.1) is 10.2 Å². The molecule has 6 nitrogen and oxygen atoms in total. The molecule has 0 saturated heterocycles. The van der Waals surface area contributed by atoms with Crippen molar-refractivity contribution in [2.75, 3.05) is 0 Å². The van der Waals surface area contributed by atoms with Gasteiger partial charge in [-0.1, -0.05) is 47.1 Å². The van der Waals surface area contributed by atoms with Gasteiger partial charge in [0.15, 0.2) is 11.0 Å². The first-order chi connectivity index (χ1) is 16.2. The zero-order valence-electron chi connectivity index (χ0n) is 17.3. The predicted molar refractivity (Wildman–Crippen MR) is 128 cm³/mol. The van der Waals surface area contributed by atoms with Crippen molar-refractivity contribution in [1.82, 2.24) is 19.5 Å². The smallest absolute Gasteiger partial charge is 0.240 e. The van der Waals surface area contributed by atoms with Crippen molar-refractivity contribution in [2.24, 2.45) is 0 Å². The van der Waals surface area contributed by atoms with Crippen molar-refractivity contribution < 1.29 is 17.2 Å². The van der Waals surface area contributed by atoms with E-state index in [-0.39, 0.29) is 23.1 Å². The van der Waals surface area contributed by atoms with Crippen molar-refractivity contribution in [2.45, 2.75) is 22.3 Å². The van der Waals surface area contributed by atoms with E-state index in [1.807, 2.05) is 0 Å². The van der Waals surface area contributed by atoms with Gasteiger partial charge >= 0.3 is 0 Å². The number of sulfonamides is 1. The number of nitrogens with one attached hydrogen (secondary N) is 1. The highest BCUT2D eigenvalue weighted by molar-refractivity contribution is 7.98. The van der Waals surface area contributed by atoms with Gasteiger partial charge in [-0.05, 0) is 60.2 Å². The standard InChI is InChI=1S/C22H16Cl2F2N4O2S2/c23-15-3-10-20(19(24)11-15)30-21(12-27-34(31,32)18-8-6-17(26)7-9-18)28-29-22(30)33-13-14-1-4-16(25)5-2-14/h1-11,27H,12-13H2. The summed E-state index contributed by atoms with van der Waals surface area (Å²) in [6.07, 6.45) is 0. The molecule has 176 valence electrons. The lowest BCUT2D eigenvalue weighted by molar-refractivity contribution is 0.577. The van der Waals surface area contributed by atoms with Crippen LogP contribution in [0.2, 0.25) is 10.0 Å². The molecule has 12 heteroatoms. The number of aromatic nitrogens is 3. The minimum atomic E-state index is -3.94. The molecule has 1 aromatic heterocycles. The number of nitrogens with zero attached hydrogens (tertiary/aromatic N) is 3. The lowest BCUT2D eigenvalue weighted by Gasteiger charge is -2.13. The van der Waals surface area contributed by atoms with Crippen LogP contribution in [0.25, 0.3) is 5.69 Å². The summed E-state index contributed by atoms with van der Waals surface area (Å²) in [6, 6.07) is 15.4. The molecule has 0 aliphatic carbocycles. The number of rotatable bonds is 8. The van der Waals surface area contributed by atoms with Crippen LogP contribution in [0, 0.1) is 11.6 Å². The van der Waals surface area contributed by atoms with Crippen LogP contribution in [-0.2, 0) is 22.3 Å². The van der Waals surface area contributed by atoms with Crippen LogP contribution in [-0.4, -0.2) is 23.2 Å².